The predicted octanol–water partition coefficient (Wildman–Crippen LogP) is 2.84. The van der Waals surface area contributed by atoms with Crippen LogP contribution in [0.2, 0.25) is 0 Å². The highest BCUT2D eigenvalue weighted by Gasteiger charge is 2.32. The monoisotopic (exact) mass is 219 g/mol. The van der Waals surface area contributed by atoms with Crippen LogP contribution < -0.4 is 10.5 Å². The van der Waals surface area contributed by atoms with Crippen LogP contribution in [0, 0.1) is 12.8 Å². The fourth-order valence-corrected chi connectivity index (χ4v) is 2.78. The van der Waals surface area contributed by atoms with E-state index in [1.54, 1.807) is 7.11 Å². The van der Waals surface area contributed by atoms with Crippen LogP contribution in [0.15, 0.2) is 18.2 Å². The van der Waals surface area contributed by atoms with E-state index in [4.69, 9.17) is 10.5 Å². The van der Waals surface area contributed by atoms with Crippen molar-refractivity contribution < 1.29 is 4.74 Å². The Balaban J connectivity index is 2.35. The van der Waals surface area contributed by atoms with Gasteiger partial charge in [0.05, 0.1) is 7.11 Å². The fraction of sp³-hybridized carbons (Fsp3) is 0.571. The molecule has 1 fully saturated rings. The molecular formula is C14H21NO. The lowest BCUT2D eigenvalue weighted by Gasteiger charge is -2.21. The standard InChI is InChI=1S/C14H21NO/c1-9-4-7-14(16-3)12(8-9)11-5-6-13(15)10(11)2/h4,7-8,10-11,13H,5-6,15H2,1-3H3. The summed E-state index contributed by atoms with van der Waals surface area (Å²) in [6.07, 6.45) is 2.31. The Kier molecular flexibility index (Phi) is 3.20. The molecule has 0 saturated heterocycles. The first-order chi connectivity index (χ1) is 7.63. The summed E-state index contributed by atoms with van der Waals surface area (Å²) in [7, 11) is 1.74. The predicted molar refractivity (Wildman–Crippen MR) is 66.8 cm³/mol. The van der Waals surface area contributed by atoms with Gasteiger partial charge in [-0.3, -0.25) is 0 Å². The summed E-state index contributed by atoms with van der Waals surface area (Å²) in [6.45, 7) is 4.38. The first-order valence-electron chi connectivity index (χ1n) is 6.03. The third kappa shape index (κ3) is 1.94. The lowest BCUT2D eigenvalue weighted by atomic mass is 9.87. The van der Waals surface area contributed by atoms with Crippen LogP contribution in [-0.4, -0.2) is 13.2 Å². The highest BCUT2D eigenvalue weighted by atomic mass is 16.5. The zero-order chi connectivity index (χ0) is 11.7. The Morgan fingerprint density at radius 1 is 1.31 bits per heavy atom. The van der Waals surface area contributed by atoms with Gasteiger partial charge in [0.2, 0.25) is 0 Å². The minimum atomic E-state index is 0.343. The third-order valence-electron chi connectivity index (χ3n) is 3.91. The van der Waals surface area contributed by atoms with Crippen LogP contribution in [0.5, 0.6) is 5.75 Å². The van der Waals surface area contributed by atoms with Gasteiger partial charge in [-0.2, -0.15) is 0 Å². The molecule has 2 N–H and O–H groups in total. The molecule has 2 rings (SSSR count). The molecule has 2 nitrogen and oxygen atoms in total. The molecule has 0 radical (unpaired) electrons. The van der Waals surface area contributed by atoms with E-state index in [0.29, 0.717) is 17.9 Å². The highest BCUT2D eigenvalue weighted by Crippen LogP contribution is 2.42. The molecule has 0 bridgehead atoms. The van der Waals surface area contributed by atoms with Crippen molar-refractivity contribution in [2.45, 2.75) is 38.6 Å². The normalized spacial score (nSPS) is 29.4. The van der Waals surface area contributed by atoms with Gasteiger partial charge in [-0.15, -0.1) is 0 Å². The van der Waals surface area contributed by atoms with E-state index < -0.39 is 0 Å². The van der Waals surface area contributed by atoms with Crippen molar-refractivity contribution >= 4 is 0 Å². The van der Waals surface area contributed by atoms with E-state index >= 15 is 0 Å². The van der Waals surface area contributed by atoms with Crippen molar-refractivity contribution in [2.24, 2.45) is 11.7 Å². The Morgan fingerprint density at radius 3 is 2.62 bits per heavy atom. The van der Waals surface area contributed by atoms with Gasteiger partial charge in [0, 0.05) is 6.04 Å². The third-order valence-corrected chi connectivity index (χ3v) is 3.91. The zero-order valence-electron chi connectivity index (χ0n) is 10.4. The van der Waals surface area contributed by atoms with Gasteiger partial charge >= 0.3 is 0 Å². The molecule has 1 aromatic rings. The van der Waals surface area contributed by atoms with Gasteiger partial charge in [0.1, 0.15) is 5.75 Å². The highest BCUT2D eigenvalue weighted by molar-refractivity contribution is 5.40. The van der Waals surface area contributed by atoms with E-state index in [-0.39, 0.29) is 0 Å². The van der Waals surface area contributed by atoms with Gasteiger partial charge in [-0.05, 0) is 43.2 Å². The van der Waals surface area contributed by atoms with Gasteiger partial charge in [0.15, 0.2) is 0 Å². The summed E-state index contributed by atoms with van der Waals surface area (Å²) in [4.78, 5) is 0. The Morgan fingerprint density at radius 2 is 2.06 bits per heavy atom. The summed E-state index contributed by atoms with van der Waals surface area (Å²) < 4.78 is 5.46. The zero-order valence-corrected chi connectivity index (χ0v) is 10.4. The molecule has 3 unspecified atom stereocenters. The minimum Gasteiger partial charge on any atom is -0.496 e. The number of hydrogen-bond acceptors (Lipinski definition) is 2. The molecule has 1 aliphatic rings. The van der Waals surface area contributed by atoms with Gasteiger partial charge < -0.3 is 10.5 Å². The molecule has 0 aliphatic heterocycles. The Hall–Kier alpha value is -1.02. The van der Waals surface area contributed by atoms with Crippen LogP contribution >= 0.6 is 0 Å². The summed E-state index contributed by atoms with van der Waals surface area (Å²) in [5.74, 6) is 2.12. The molecule has 88 valence electrons. The average Bonchev–Trinajstić information content (AvgIpc) is 2.60. The Labute approximate surface area is 97.8 Å². The van der Waals surface area contributed by atoms with Crippen LogP contribution in [-0.2, 0) is 0 Å². The summed E-state index contributed by atoms with van der Waals surface area (Å²) in [5, 5.41) is 0. The number of benzene rings is 1. The topological polar surface area (TPSA) is 35.2 Å². The summed E-state index contributed by atoms with van der Waals surface area (Å²) in [5.41, 5.74) is 8.73. The number of hydrogen-bond donors (Lipinski definition) is 1. The second-order valence-electron chi connectivity index (χ2n) is 4.95. The minimum absolute atomic E-state index is 0.343. The van der Waals surface area contributed by atoms with Crippen LogP contribution in [0.4, 0.5) is 0 Å². The molecule has 2 heteroatoms. The molecule has 0 heterocycles. The second kappa shape index (κ2) is 4.46. The fourth-order valence-electron chi connectivity index (χ4n) is 2.78. The molecule has 3 atom stereocenters. The van der Waals surface area contributed by atoms with Gasteiger partial charge in [-0.25, -0.2) is 0 Å². The maximum absolute atomic E-state index is 6.09. The SMILES string of the molecule is COc1ccc(C)cc1C1CCC(N)C1C. The quantitative estimate of drug-likeness (QED) is 0.830. The molecule has 16 heavy (non-hydrogen) atoms. The van der Waals surface area contributed by atoms with Crippen LogP contribution in [0.1, 0.15) is 36.8 Å². The molecule has 1 aromatic carbocycles. The van der Waals surface area contributed by atoms with Crippen molar-refractivity contribution in [3.8, 4) is 5.75 Å². The van der Waals surface area contributed by atoms with E-state index in [1.807, 2.05) is 0 Å². The maximum atomic E-state index is 6.09. The van der Waals surface area contributed by atoms with Crippen molar-refractivity contribution in [2.75, 3.05) is 7.11 Å². The lowest BCUT2D eigenvalue weighted by molar-refractivity contribution is 0.395. The molecule has 1 aliphatic carbocycles. The molecule has 0 aromatic heterocycles. The van der Waals surface area contributed by atoms with Crippen molar-refractivity contribution in [1.29, 1.82) is 0 Å². The van der Waals surface area contributed by atoms with Crippen molar-refractivity contribution in [1.82, 2.24) is 0 Å². The van der Waals surface area contributed by atoms with Gasteiger partial charge in [-0.1, -0.05) is 24.6 Å². The first kappa shape index (κ1) is 11.5. The van der Waals surface area contributed by atoms with E-state index in [2.05, 4.69) is 32.0 Å². The molecular weight excluding hydrogens is 198 g/mol. The maximum Gasteiger partial charge on any atom is 0.122 e. The molecule has 1 saturated carbocycles. The molecule has 0 spiro atoms. The van der Waals surface area contributed by atoms with Crippen LogP contribution in [0.3, 0.4) is 0 Å². The molecule has 0 amide bonds. The Bertz CT molecular complexity index is 375. The number of rotatable bonds is 2. The van der Waals surface area contributed by atoms with Crippen LogP contribution in [0.25, 0.3) is 0 Å². The largest absolute Gasteiger partial charge is 0.496 e. The second-order valence-corrected chi connectivity index (χ2v) is 4.95. The number of nitrogens with two attached hydrogens (primary N) is 1. The van der Waals surface area contributed by atoms with E-state index in [1.165, 1.54) is 17.5 Å². The van der Waals surface area contributed by atoms with E-state index in [9.17, 15) is 0 Å². The van der Waals surface area contributed by atoms with Crippen molar-refractivity contribution in [3.05, 3.63) is 29.3 Å². The van der Waals surface area contributed by atoms with Gasteiger partial charge in [0.25, 0.3) is 0 Å². The summed E-state index contributed by atoms with van der Waals surface area (Å²) >= 11 is 0. The number of aryl methyl sites for hydroxylation is 1. The number of ether oxygens (including phenoxy) is 1. The first-order valence-corrected chi connectivity index (χ1v) is 6.03. The smallest absolute Gasteiger partial charge is 0.122 e. The lowest BCUT2D eigenvalue weighted by Crippen LogP contribution is -2.24. The van der Waals surface area contributed by atoms with E-state index in [0.717, 1.165) is 12.2 Å². The summed E-state index contributed by atoms with van der Waals surface area (Å²) in [6, 6.07) is 6.76. The number of methoxy groups -OCH3 is 1. The van der Waals surface area contributed by atoms with Crippen molar-refractivity contribution in [3.63, 3.8) is 0 Å². The average molecular weight is 219 g/mol.